The van der Waals surface area contributed by atoms with E-state index in [0.29, 0.717) is 12.1 Å². The molecule has 1 N–H and O–H groups in total. The third kappa shape index (κ3) is 4.11. The van der Waals surface area contributed by atoms with Crippen LogP contribution in [0.1, 0.15) is 49.4 Å². The lowest BCUT2D eigenvalue weighted by molar-refractivity contribution is 0.106. The van der Waals surface area contributed by atoms with Crippen LogP contribution >= 0.6 is 0 Å². The van der Waals surface area contributed by atoms with Gasteiger partial charge in [0.2, 0.25) is 0 Å². The standard InChI is InChI=1S/C16H27NO/c1-6-17-16(11-10-13(3)18-5)15-9-7-8-12(2)14(15)4/h7-9,13,16-17H,6,10-11H2,1-5H3. The molecule has 0 saturated heterocycles. The Kier molecular flexibility index (Phi) is 6.37. The number of methoxy groups -OCH3 is 1. The van der Waals surface area contributed by atoms with Gasteiger partial charge in [-0.3, -0.25) is 0 Å². The first kappa shape index (κ1) is 15.2. The average molecular weight is 249 g/mol. The van der Waals surface area contributed by atoms with Gasteiger partial charge in [0.25, 0.3) is 0 Å². The van der Waals surface area contributed by atoms with Gasteiger partial charge in [-0.2, -0.15) is 0 Å². The van der Waals surface area contributed by atoms with Crippen molar-refractivity contribution in [3.8, 4) is 0 Å². The normalized spacial score (nSPS) is 14.5. The van der Waals surface area contributed by atoms with Gasteiger partial charge in [-0.25, -0.2) is 0 Å². The van der Waals surface area contributed by atoms with Crippen LogP contribution in [0.2, 0.25) is 0 Å². The Morgan fingerprint density at radius 2 is 1.94 bits per heavy atom. The number of nitrogens with one attached hydrogen (secondary N) is 1. The fourth-order valence-electron chi connectivity index (χ4n) is 2.28. The average Bonchev–Trinajstić information content (AvgIpc) is 2.37. The van der Waals surface area contributed by atoms with Gasteiger partial charge in [-0.05, 0) is 56.8 Å². The molecule has 2 atom stereocenters. The monoisotopic (exact) mass is 249 g/mol. The van der Waals surface area contributed by atoms with Crippen molar-refractivity contribution in [2.24, 2.45) is 0 Å². The minimum Gasteiger partial charge on any atom is -0.382 e. The Morgan fingerprint density at radius 1 is 1.22 bits per heavy atom. The van der Waals surface area contributed by atoms with E-state index >= 15 is 0 Å². The maximum absolute atomic E-state index is 5.34. The maximum atomic E-state index is 5.34. The summed E-state index contributed by atoms with van der Waals surface area (Å²) in [5.41, 5.74) is 4.21. The molecule has 2 unspecified atom stereocenters. The van der Waals surface area contributed by atoms with Crippen molar-refractivity contribution >= 4 is 0 Å². The first-order chi connectivity index (χ1) is 8.60. The van der Waals surface area contributed by atoms with Gasteiger partial charge in [-0.1, -0.05) is 25.1 Å². The van der Waals surface area contributed by atoms with Gasteiger partial charge in [0.05, 0.1) is 6.10 Å². The van der Waals surface area contributed by atoms with Crippen LogP contribution in [-0.2, 0) is 4.74 Å². The highest BCUT2D eigenvalue weighted by molar-refractivity contribution is 5.35. The van der Waals surface area contributed by atoms with E-state index in [2.05, 4.69) is 51.2 Å². The second-order valence-electron chi connectivity index (χ2n) is 5.02. The van der Waals surface area contributed by atoms with E-state index < -0.39 is 0 Å². The molecule has 102 valence electrons. The summed E-state index contributed by atoms with van der Waals surface area (Å²) in [5.74, 6) is 0. The predicted molar refractivity (Wildman–Crippen MR) is 78.0 cm³/mol. The first-order valence-electron chi connectivity index (χ1n) is 6.92. The predicted octanol–water partition coefficient (Wildman–Crippen LogP) is 3.77. The van der Waals surface area contributed by atoms with Gasteiger partial charge in [-0.15, -0.1) is 0 Å². The Bertz CT molecular complexity index is 362. The Hall–Kier alpha value is -0.860. The van der Waals surface area contributed by atoms with Gasteiger partial charge >= 0.3 is 0 Å². The summed E-state index contributed by atoms with van der Waals surface area (Å²) in [6, 6.07) is 7.02. The highest BCUT2D eigenvalue weighted by Gasteiger charge is 2.14. The van der Waals surface area contributed by atoms with Crippen LogP contribution in [-0.4, -0.2) is 19.8 Å². The summed E-state index contributed by atoms with van der Waals surface area (Å²) in [5, 5.41) is 3.59. The van der Waals surface area contributed by atoms with Gasteiger partial charge < -0.3 is 10.1 Å². The summed E-state index contributed by atoms with van der Waals surface area (Å²) in [4.78, 5) is 0. The number of aryl methyl sites for hydroxylation is 1. The van der Waals surface area contributed by atoms with E-state index in [-0.39, 0.29) is 0 Å². The summed E-state index contributed by atoms with van der Waals surface area (Å²) in [7, 11) is 1.78. The molecule has 0 fully saturated rings. The molecule has 1 aromatic rings. The van der Waals surface area contributed by atoms with Crippen LogP contribution < -0.4 is 5.32 Å². The Balaban J connectivity index is 2.80. The summed E-state index contributed by atoms with van der Waals surface area (Å²) >= 11 is 0. The zero-order valence-electron chi connectivity index (χ0n) is 12.4. The molecule has 0 aliphatic heterocycles. The van der Waals surface area contributed by atoms with Crippen LogP contribution in [0.5, 0.6) is 0 Å². The molecule has 1 rings (SSSR count). The quantitative estimate of drug-likeness (QED) is 0.794. The van der Waals surface area contributed by atoms with E-state index in [1.54, 1.807) is 7.11 Å². The van der Waals surface area contributed by atoms with E-state index in [4.69, 9.17) is 4.74 Å². The third-order valence-electron chi connectivity index (χ3n) is 3.74. The molecule has 0 aliphatic carbocycles. The zero-order valence-corrected chi connectivity index (χ0v) is 12.4. The molecule has 0 amide bonds. The van der Waals surface area contributed by atoms with Gasteiger partial charge in [0, 0.05) is 13.2 Å². The fraction of sp³-hybridized carbons (Fsp3) is 0.625. The van der Waals surface area contributed by atoms with Gasteiger partial charge in [0.1, 0.15) is 0 Å². The number of ether oxygens (including phenoxy) is 1. The zero-order chi connectivity index (χ0) is 13.5. The SMILES string of the molecule is CCNC(CCC(C)OC)c1cccc(C)c1C. The highest BCUT2D eigenvalue weighted by atomic mass is 16.5. The number of benzene rings is 1. The number of hydrogen-bond donors (Lipinski definition) is 1. The molecule has 0 saturated carbocycles. The van der Waals surface area contributed by atoms with Crippen LogP contribution in [0.3, 0.4) is 0 Å². The third-order valence-corrected chi connectivity index (χ3v) is 3.74. The first-order valence-corrected chi connectivity index (χ1v) is 6.92. The lowest BCUT2D eigenvalue weighted by Gasteiger charge is -2.22. The molecule has 0 aromatic heterocycles. The molecule has 1 aromatic carbocycles. The second-order valence-corrected chi connectivity index (χ2v) is 5.02. The maximum Gasteiger partial charge on any atom is 0.0543 e. The molecule has 0 heterocycles. The molecule has 2 heteroatoms. The largest absolute Gasteiger partial charge is 0.382 e. The minimum absolute atomic E-state index is 0.330. The summed E-state index contributed by atoms with van der Waals surface area (Å²) < 4.78 is 5.34. The molecular formula is C16H27NO. The molecule has 0 bridgehead atoms. The Morgan fingerprint density at radius 3 is 2.56 bits per heavy atom. The lowest BCUT2D eigenvalue weighted by atomic mass is 9.94. The highest BCUT2D eigenvalue weighted by Crippen LogP contribution is 2.25. The van der Waals surface area contributed by atoms with Crippen molar-refractivity contribution in [1.82, 2.24) is 5.32 Å². The molecule has 2 nitrogen and oxygen atoms in total. The van der Waals surface area contributed by atoms with Crippen molar-refractivity contribution in [1.29, 1.82) is 0 Å². The molecule has 0 aliphatic rings. The molecule has 18 heavy (non-hydrogen) atoms. The topological polar surface area (TPSA) is 21.3 Å². The molecule has 0 spiro atoms. The summed E-state index contributed by atoms with van der Waals surface area (Å²) in [6.45, 7) is 9.69. The van der Waals surface area contributed by atoms with Crippen LogP contribution in [0.25, 0.3) is 0 Å². The van der Waals surface area contributed by atoms with Crippen molar-refractivity contribution < 1.29 is 4.74 Å². The van der Waals surface area contributed by atoms with Crippen LogP contribution in [0.15, 0.2) is 18.2 Å². The van der Waals surface area contributed by atoms with E-state index in [1.807, 2.05) is 0 Å². The molecule has 0 radical (unpaired) electrons. The summed E-state index contributed by atoms with van der Waals surface area (Å²) in [6.07, 6.45) is 2.53. The lowest BCUT2D eigenvalue weighted by Crippen LogP contribution is -2.23. The van der Waals surface area contributed by atoms with Crippen LogP contribution in [0.4, 0.5) is 0 Å². The smallest absolute Gasteiger partial charge is 0.0543 e. The van der Waals surface area contributed by atoms with Crippen LogP contribution in [0, 0.1) is 13.8 Å². The molecular weight excluding hydrogens is 222 g/mol. The Labute approximate surface area is 112 Å². The number of hydrogen-bond acceptors (Lipinski definition) is 2. The second kappa shape index (κ2) is 7.55. The van der Waals surface area contributed by atoms with Crippen molar-refractivity contribution in [2.45, 2.75) is 52.7 Å². The van der Waals surface area contributed by atoms with Crippen molar-refractivity contribution in [2.75, 3.05) is 13.7 Å². The van der Waals surface area contributed by atoms with E-state index in [9.17, 15) is 0 Å². The van der Waals surface area contributed by atoms with Crippen molar-refractivity contribution in [3.05, 3.63) is 34.9 Å². The fourth-order valence-corrected chi connectivity index (χ4v) is 2.28. The van der Waals surface area contributed by atoms with Gasteiger partial charge in [0.15, 0.2) is 0 Å². The van der Waals surface area contributed by atoms with E-state index in [0.717, 1.165) is 19.4 Å². The minimum atomic E-state index is 0.330. The van der Waals surface area contributed by atoms with Crippen molar-refractivity contribution in [3.63, 3.8) is 0 Å². The van der Waals surface area contributed by atoms with E-state index in [1.165, 1.54) is 16.7 Å². The number of rotatable bonds is 7.